The Morgan fingerprint density at radius 3 is 2.67 bits per heavy atom. The van der Waals surface area contributed by atoms with Gasteiger partial charge in [-0.1, -0.05) is 6.92 Å². The Labute approximate surface area is 111 Å². The van der Waals surface area contributed by atoms with Crippen LogP contribution in [0.5, 0.6) is 0 Å². The van der Waals surface area contributed by atoms with Gasteiger partial charge in [0.15, 0.2) is 0 Å². The number of anilines is 1. The zero-order chi connectivity index (χ0) is 13.1. The van der Waals surface area contributed by atoms with Crippen LogP contribution in [0, 0.1) is 13.8 Å². The molecule has 0 atom stereocenters. The van der Waals surface area contributed by atoms with Gasteiger partial charge in [-0.3, -0.25) is 0 Å². The minimum Gasteiger partial charge on any atom is -0.356 e. The highest BCUT2D eigenvalue weighted by Gasteiger charge is 2.25. The highest BCUT2D eigenvalue weighted by Crippen LogP contribution is 2.30. The van der Waals surface area contributed by atoms with Gasteiger partial charge >= 0.3 is 0 Å². The van der Waals surface area contributed by atoms with Crippen molar-refractivity contribution in [3.63, 3.8) is 0 Å². The van der Waals surface area contributed by atoms with E-state index in [4.69, 9.17) is 4.98 Å². The maximum Gasteiger partial charge on any atom is 0.133 e. The Hall–Kier alpha value is -1.09. The highest BCUT2D eigenvalue weighted by atomic mass is 15.2. The van der Waals surface area contributed by atoms with Crippen molar-refractivity contribution in [1.29, 1.82) is 0 Å². The maximum atomic E-state index is 4.78. The number of rotatable bonds is 5. The van der Waals surface area contributed by atoms with Crippen molar-refractivity contribution in [2.24, 2.45) is 0 Å². The van der Waals surface area contributed by atoms with Gasteiger partial charge in [-0.15, -0.1) is 0 Å². The van der Waals surface area contributed by atoms with Crippen LogP contribution in [0.15, 0.2) is 6.07 Å². The summed E-state index contributed by atoms with van der Waals surface area (Å²) in [6.07, 6.45) is 3.99. The summed E-state index contributed by atoms with van der Waals surface area (Å²) in [6, 6.07) is 2.88. The molecule has 1 fully saturated rings. The van der Waals surface area contributed by atoms with Gasteiger partial charge in [-0.25, -0.2) is 4.98 Å². The van der Waals surface area contributed by atoms with E-state index in [0.717, 1.165) is 18.8 Å². The van der Waals surface area contributed by atoms with Crippen molar-refractivity contribution in [2.45, 2.75) is 52.6 Å². The zero-order valence-electron chi connectivity index (χ0n) is 12.1. The van der Waals surface area contributed by atoms with E-state index < -0.39 is 0 Å². The van der Waals surface area contributed by atoms with Crippen LogP contribution < -0.4 is 10.2 Å². The number of nitrogens with one attached hydrogen (secondary N) is 1. The van der Waals surface area contributed by atoms with Gasteiger partial charge in [-0.05, 0) is 51.3 Å². The lowest BCUT2D eigenvalue weighted by Gasteiger charge is -2.37. The van der Waals surface area contributed by atoms with E-state index in [2.05, 4.69) is 44.1 Å². The molecule has 1 aromatic rings. The molecule has 0 saturated heterocycles. The lowest BCUT2D eigenvalue weighted by Crippen LogP contribution is -2.38. The van der Waals surface area contributed by atoms with E-state index in [1.807, 2.05) is 0 Å². The Morgan fingerprint density at radius 1 is 1.39 bits per heavy atom. The highest BCUT2D eigenvalue weighted by molar-refractivity contribution is 5.52. The first-order chi connectivity index (χ1) is 8.63. The molecule has 1 heterocycles. The van der Waals surface area contributed by atoms with Crippen LogP contribution in [-0.2, 0) is 6.54 Å². The van der Waals surface area contributed by atoms with Crippen molar-refractivity contribution in [1.82, 2.24) is 10.3 Å². The molecule has 0 amide bonds. The molecule has 0 bridgehead atoms. The van der Waals surface area contributed by atoms with E-state index in [-0.39, 0.29) is 0 Å². The molecule has 18 heavy (non-hydrogen) atoms. The second-order valence-electron chi connectivity index (χ2n) is 5.36. The lowest BCUT2D eigenvalue weighted by atomic mass is 9.91. The average Bonchev–Trinajstić information content (AvgIpc) is 2.24. The molecular weight excluding hydrogens is 222 g/mol. The second kappa shape index (κ2) is 5.70. The number of hydrogen-bond donors (Lipinski definition) is 1. The number of nitrogens with zero attached hydrogens (tertiary/aromatic N) is 2. The Kier molecular flexibility index (Phi) is 4.23. The molecule has 0 aromatic carbocycles. The molecule has 1 saturated carbocycles. The Balaban J connectivity index is 2.29. The molecular formula is C15H25N3. The van der Waals surface area contributed by atoms with Gasteiger partial charge in [0.05, 0.1) is 0 Å². The summed E-state index contributed by atoms with van der Waals surface area (Å²) in [6.45, 7) is 8.34. The average molecular weight is 247 g/mol. The third kappa shape index (κ3) is 2.66. The monoisotopic (exact) mass is 247 g/mol. The number of pyridine rings is 1. The summed E-state index contributed by atoms with van der Waals surface area (Å²) in [5, 5.41) is 3.43. The quantitative estimate of drug-likeness (QED) is 0.867. The fourth-order valence-corrected chi connectivity index (χ4v) is 2.55. The lowest BCUT2D eigenvalue weighted by molar-refractivity contribution is 0.398. The largest absolute Gasteiger partial charge is 0.356 e. The van der Waals surface area contributed by atoms with E-state index in [1.54, 1.807) is 0 Å². The molecule has 3 nitrogen and oxygen atoms in total. The summed E-state index contributed by atoms with van der Waals surface area (Å²) in [5.74, 6) is 1.18. The predicted molar refractivity (Wildman–Crippen MR) is 77.1 cm³/mol. The van der Waals surface area contributed by atoms with Crippen LogP contribution in [0.4, 0.5) is 5.82 Å². The first-order valence-corrected chi connectivity index (χ1v) is 7.04. The van der Waals surface area contributed by atoms with E-state index in [9.17, 15) is 0 Å². The van der Waals surface area contributed by atoms with E-state index in [1.165, 1.54) is 36.2 Å². The first kappa shape index (κ1) is 13.3. The fourth-order valence-electron chi connectivity index (χ4n) is 2.55. The minimum atomic E-state index is 0.694. The van der Waals surface area contributed by atoms with Crippen LogP contribution in [0.1, 0.15) is 43.0 Å². The van der Waals surface area contributed by atoms with Crippen molar-refractivity contribution in [2.75, 3.05) is 18.5 Å². The van der Waals surface area contributed by atoms with Crippen LogP contribution in [0.3, 0.4) is 0 Å². The predicted octanol–water partition coefficient (Wildman–Crippen LogP) is 2.80. The third-order valence-corrected chi connectivity index (χ3v) is 3.96. The number of aryl methyl sites for hydroxylation is 2. The van der Waals surface area contributed by atoms with Gasteiger partial charge in [-0.2, -0.15) is 0 Å². The minimum absolute atomic E-state index is 0.694. The molecule has 0 aliphatic heterocycles. The van der Waals surface area contributed by atoms with Gasteiger partial charge < -0.3 is 10.2 Å². The first-order valence-electron chi connectivity index (χ1n) is 7.04. The van der Waals surface area contributed by atoms with Crippen molar-refractivity contribution in [3.05, 3.63) is 22.9 Å². The van der Waals surface area contributed by atoms with Gasteiger partial charge in [0.1, 0.15) is 5.82 Å². The van der Waals surface area contributed by atoms with Crippen LogP contribution in [0.2, 0.25) is 0 Å². The van der Waals surface area contributed by atoms with Gasteiger partial charge in [0.25, 0.3) is 0 Å². The van der Waals surface area contributed by atoms with E-state index >= 15 is 0 Å². The molecule has 1 N–H and O–H groups in total. The molecule has 100 valence electrons. The molecule has 0 radical (unpaired) electrons. The SMILES string of the molecule is CCNCc1c(C)cc(C)nc1N(C)C1CCC1. The van der Waals surface area contributed by atoms with Crippen LogP contribution in [-0.4, -0.2) is 24.6 Å². The molecule has 1 aliphatic rings. The molecule has 2 rings (SSSR count). The van der Waals surface area contributed by atoms with Crippen molar-refractivity contribution >= 4 is 5.82 Å². The van der Waals surface area contributed by atoms with Gasteiger partial charge in [0.2, 0.25) is 0 Å². The summed E-state index contributed by atoms with van der Waals surface area (Å²) < 4.78 is 0. The summed E-state index contributed by atoms with van der Waals surface area (Å²) in [4.78, 5) is 7.16. The van der Waals surface area contributed by atoms with Crippen LogP contribution in [0.25, 0.3) is 0 Å². The molecule has 1 aromatic heterocycles. The zero-order valence-corrected chi connectivity index (χ0v) is 12.1. The molecule has 0 unspecified atom stereocenters. The summed E-state index contributed by atoms with van der Waals surface area (Å²) in [5.41, 5.74) is 3.83. The summed E-state index contributed by atoms with van der Waals surface area (Å²) in [7, 11) is 2.19. The van der Waals surface area contributed by atoms with Crippen molar-refractivity contribution < 1.29 is 0 Å². The van der Waals surface area contributed by atoms with Crippen molar-refractivity contribution in [3.8, 4) is 0 Å². The molecule has 3 heteroatoms. The maximum absolute atomic E-state index is 4.78. The van der Waals surface area contributed by atoms with Gasteiger partial charge in [0, 0.05) is 30.9 Å². The molecule has 1 aliphatic carbocycles. The summed E-state index contributed by atoms with van der Waals surface area (Å²) >= 11 is 0. The topological polar surface area (TPSA) is 28.2 Å². The molecule has 0 spiro atoms. The standard InChI is InChI=1S/C15H25N3/c1-5-16-10-14-11(2)9-12(3)17-15(14)18(4)13-7-6-8-13/h9,13,16H,5-8,10H2,1-4H3. The van der Waals surface area contributed by atoms with E-state index in [0.29, 0.717) is 6.04 Å². The second-order valence-corrected chi connectivity index (χ2v) is 5.36. The normalized spacial score (nSPS) is 15.6. The number of aromatic nitrogens is 1. The number of hydrogen-bond acceptors (Lipinski definition) is 3. The Morgan fingerprint density at radius 2 is 2.11 bits per heavy atom. The third-order valence-electron chi connectivity index (χ3n) is 3.96. The Bertz CT molecular complexity index is 410. The smallest absolute Gasteiger partial charge is 0.133 e. The fraction of sp³-hybridized carbons (Fsp3) is 0.667. The van der Waals surface area contributed by atoms with Crippen LogP contribution >= 0.6 is 0 Å².